The maximum atomic E-state index is 6.70. The molecule has 9 rings (SSSR count). The number of rotatable bonds is 5. The Kier molecular flexibility index (Phi) is 6.17. The highest BCUT2D eigenvalue weighted by Crippen LogP contribution is 2.42. The molecule has 0 N–H and O–H groups in total. The van der Waals surface area contributed by atoms with Crippen molar-refractivity contribution in [1.82, 2.24) is 0 Å². The summed E-state index contributed by atoms with van der Waals surface area (Å²) in [6.45, 7) is 0. The van der Waals surface area contributed by atoms with Crippen molar-refractivity contribution in [3.63, 3.8) is 0 Å². The van der Waals surface area contributed by atoms with Crippen LogP contribution in [0.3, 0.4) is 0 Å². The normalized spacial score (nSPS) is 11.5. The van der Waals surface area contributed by atoms with Crippen molar-refractivity contribution < 1.29 is 4.42 Å². The van der Waals surface area contributed by atoms with Crippen LogP contribution in [-0.2, 0) is 0 Å². The largest absolute Gasteiger partial charge is 0.455 e. The molecule has 0 aliphatic heterocycles. The predicted octanol–water partition coefficient (Wildman–Crippen LogP) is 12.7. The van der Waals surface area contributed by atoms with Crippen molar-refractivity contribution in [2.24, 2.45) is 0 Å². The van der Waals surface area contributed by atoms with E-state index in [-0.39, 0.29) is 0 Å². The molecule has 0 unspecified atom stereocenters. The highest BCUT2D eigenvalue weighted by molar-refractivity contribution is 6.19. The molecule has 0 aliphatic rings. The van der Waals surface area contributed by atoms with E-state index >= 15 is 0 Å². The quantitative estimate of drug-likeness (QED) is 0.199. The molecule has 1 heterocycles. The van der Waals surface area contributed by atoms with Gasteiger partial charge in [0.15, 0.2) is 0 Å². The van der Waals surface area contributed by atoms with E-state index in [1.165, 1.54) is 38.4 Å². The Bertz CT molecular complexity index is 2510. The molecule has 0 aliphatic carbocycles. The number of benzene rings is 8. The SMILES string of the molecule is c1ccc(-c2cc3c4ccc(N(c5ccccc5)c5ccc(-c6ccc7ccccc7c6)cc5)cc4oc3c3ccccc23)cc1. The van der Waals surface area contributed by atoms with E-state index < -0.39 is 0 Å². The molecule has 9 aromatic rings. The molecule has 2 nitrogen and oxygen atoms in total. The minimum atomic E-state index is 0.872. The summed E-state index contributed by atoms with van der Waals surface area (Å²) in [7, 11) is 0. The highest BCUT2D eigenvalue weighted by Gasteiger charge is 2.18. The summed E-state index contributed by atoms with van der Waals surface area (Å²) in [5.41, 5.74) is 9.84. The van der Waals surface area contributed by atoms with Gasteiger partial charge in [0.25, 0.3) is 0 Å². The minimum absolute atomic E-state index is 0.872. The number of anilines is 3. The van der Waals surface area contributed by atoms with Crippen LogP contribution in [0.1, 0.15) is 0 Å². The van der Waals surface area contributed by atoms with Gasteiger partial charge in [-0.2, -0.15) is 0 Å². The molecule has 0 bridgehead atoms. The van der Waals surface area contributed by atoms with Crippen LogP contribution in [0.25, 0.3) is 65.7 Å². The van der Waals surface area contributed by atoms with Crippen LogP contribution in [0, 0.1) is 0 Å². The average molecular weight is 588 g/mol. The molecule has 0 fully saturated rings. The summed E-state index contributed by atoms with van der Waals surface area (Å²) < 4.78 is 6.70. The minimum Gasteiger partial charge on any atom is -0.455 e. The van der Waals surface area contributed by atoms with Gasteiger partial charge in [-0.05, 0) is 86.9 Å². The zero-order valence-corrected chi connectivity index (χ0v) is 25.1. The first-order valence-corrected chi connectivity index (χ1v) is 15.7. The zero-order valence-electron chi connectivity index (χ0n) is 25.1. The van der Waals surface area contributed by atoms with Crippen LogP contribution < -0.4 is 4.90 Å². The molecule has 0 saturated carbocycles. The van der Waals surface area contributed by atoms with Gasteiger partial charge in [-0.3, -0.25) is 0 Å². The molecule has 1 aromatic heterocycles. The monoisotopic (exact) mass is 587 g/mol. The first-order chi connectivity index (χ1) is 22.8. The van der Waals surface area contributed by atoms with Crippen molar-refractivity contribution in [3.05, 3.63) is 176 Å². The zero-order chi connectivity index (χ0) is 30.5. The van der Waals surface area contributed by atoms with Gasteiger partial charge in [-0.15, -0.1) is 0 Å². The van der Waals surface area contributed by atoms with Crippen molar-refractivity contribution in [2.75, 3.05) is 4.90 Å². The lowest BCUT2D eigenvalue weighted by molar-refractivity contribution is 0.673. The van der Waals surface area contributed by atoms with Gasteiger partial charge in [-0.25, -0.2) is 0 Å². The summed E-state index contributed by atoms with van der Waals surface area (Å²) in [5, 5.41) is 7.06. The van der Waals surface area contributed by atoms with Crippen molar-refractivity contribution in [3.8, 4) is 22.3 Å². The summed E-state index contributed by atoms with van der Waals surface area (Å²) in [6, 6.07) is 62.6. The summed E-state index contributed by atoms with van der Waals surface area (Å²) in [4.78, 5) is 2.30. The lowest BCUT2D eigenvalue weighted by Gasteiger charge is -2.25. The lowest BCUT2D eigenvalue weighted by Crippen LogP contribution is -2.09. The maximum absolute atomic E-state index is 6.70. The molecule has 8 aromatic carbocycles. The standard InChI is InChI=1S/C44H29NO/c1-3-12-32(13-4-1)41-29-42-39-26-25-37(28-43(39)46-44(42)40-18-10-9-17-38(40)41)45(35-15-5-2-6-16-35)36-23-21-31(22-24-36)34-20-19-30-11-7-8-14-33(30)27-34/h1-29H. The topological polar surface area (TPSA) is 16.4 Å². The van der Waals surface area contributed by atoms with Gasteiger partial charge in [0.1, 0.15) is 11.2 Å². The maximum Gasteiger partial charge on any atom is 0.143 e. The third-order valence-corrected chi connectivity index (χ3v) is 9.03. The van der Waals surface area contributed by atoms with E-state index in [1.807, 2.05) is 0 Å². The number of para-hydroxylation sites is 1. The third-order valence-electron chi connectivity index (χ3n) is 9.03. The van der Waals surface area contributed by atoms with E-state index in [9.17, 15) is 0 Å². The van der Waals surface area contributed by atoms with Gasteiger partial charge in [0.05, 0.1) is 0 Å². The van der Waals surface area contributed by atoms with E-state index in [2.05, 4.69) is 181 Å². The van der Waals surface area contributed by atoms with Crippen LogP contribution in [0.15, 0.2) is 180 Å². The molecular weight excluding hydrogens is 558 g/mol. The van der Waals surface area contributed by atoms with Gasteiger partial charge in [0, 0.05) is 39.3 Å². The van der Waals surface area contributed by atoms with Crippen molar-refractivity contribution in [2.45, 2.75) is 0 Å². The fraction of sp³-hybridized carbons (Fsp3) is 0. The van der Waals surface area contributed by atoms with E-state index in [0.717, 1.165) is 44.4 Å². The molecule has 216 valence electrons. The number of fused-ring (bicyclic) bond motifs is 6. The number of hydrogen-bond acceptors (Lipinski definition) is 2. The Morgan fingerprint density at radius 2 is 0.978 bits per heavy atom. The Hall–Kier alpha value is -6.12. The molecular formula is C44H29NO. The van der Waals surface area contributed by atoms with Crippen LogP contribution >= 0.6 is 0 Å². The Morgan fingerprint density at radius 1 is 0.348 bits per heavy atom. The van der Waals surface area contributed by atoms with Crippen LogP contribution in [0.4, 0.5) is 17.1 Å². The molecule has 46 heavy (non-hydrogen) atoms. The van der Waals surface area contributed by atoms with Gasteiger partial charge < -0.3 is 9.32 Å². The summed E-state index contributed by atoms with van der Waals surface area (Å²) >= 11 is 0. The fourth-order valence-electron chi connectivity index (χ4n) is 6.78. The second kappa shape index (κ2) is 10.8. The van der Waals surface area contributed by atoms with Crippen molar-refractivity contribution in [1.29, 1.82) is 0 Å². The fourth-order valence-corrected chi connectivity index (χ4v) is 6.78. The Labute approximate surface area is 267 Å². The van der Waals surface area contributed by atoms with Crippen LogP contribution in [0.5, 0.6) is 0 Å². The van der Waals surface area contributed by atoms with E-state index in [0.29, 0.717) is 0 Å². The van der Waals surface area contributed by atoms with Crippen LogP contribution in [0.2, 0.25) is 0 Å². The molecule has 0 amide bonds. The molecule has 0 radical (unpaired) electrons. The first-order valence-electron chi connectivity index (χ1n) is 15.7. The van der Waals surface area contributed by atoms with Gasteiger partial charge in [0.2, 0.25) is 0 Å². The van der Waals surface area contributed by atoms with Crippen LogP contribution in [-0.4, -0.2) is 0 Å². The number of hydrogen-bond donors (Lipinski definition) is 0. The first kappa shape index (κ1) is 26.3. The predicted molar refractivity (Wildman–Crippen MR) is 194 cm³/mol. The third kappa shape index (κ3) is 4.43. The second-order valence-electron chi connectivity index (χ2n) is 11.8. The molecule has 0 atom stereocenters. The summed E-state index contributed by atoms with van der Waals surface area (Å²) in [5.74, 6) is 0. The Balaban J connectivity index is 1.17. The average Bonchev–Trinajstić information content (AvgIpc) is 3.50. The highest BCUT2D eigenvalue weighted by atomic mass is 16.3. The second-order valence-corrected chi connectivity index (χ2v) is 11.8. The van der Waals surface area contributed by atoms with Crippen molar-refractivity contribution >= 4 is 60.5 Å². The van der Waals surface area contributed by atoms with Gasteiger partial charge >= 0.3 is 0 Å². The van der Waals surface area contributed by atoms with E-state index in [1.54, 1.807) is 0 Å². The smallest absolute Gasteiger partial charge is 0.143 e. The number of nitrogens with zero attached hydrogens (tertiary/aromatic N) is 1. The molecule has 0 spiro atoms. The Morgan fingerprint density at radius 3 is 1.78 bits per heavy atom. The van der Waals surface area contributed by atoms with Gasteiger partial charge in [-0.1, -0.05) is 121 Å². The molecule has 0 saturated heterocycles. The molecule has 2 heteroatoms. The van der Waals surface area contributed by atoms with E-state index in [4.69, 9.17) is 4.42 Å². The summed E-state index contributed by atoms with van der Waals surface area (Å²) in [6.07, 6.45) is 0. The number of furan rings is 1. The lowest BCUT2D eigenvalue weighted by atomic mass is 9.95.